The van der Waals surface area contributed by atoms with Gasteiger partial charge in [-0.1, -0.05) is 24.3 Å². The molecule has 2 aromatic heterocycles. The van der Waals surface area contributed by atoms with Gasteiger partial charge >= 0.3 is 0 Å². The van der Waals surface area contributed by atoms with Gasteiger partial charge in [0.05, 0.1) is 25.3 Å². The maximum absolute atomic E-state index is 9.57. The topological polar surface area (TPSA) is 81.3 Å². The minimum atomic E-state index is -0.0983. The van der Waals surface area contributed by atoms with Crippen LogP contribution >= 0.6 is 0 Å². The summed E-state index contributed by atoms with van der Waals surface area (Å²) in [6.45, 7) is 2.79. The molecule has 35 heavy (non-hydrogen) atoms. The van der Waals surface area contributed by atoms with Gasteiger partial charge in [0, 0.05) is 42.0 Å². The van der Waals surface area contributed by atoms with Crippen molar-refractivity contribution in [1.82, 2.24) is 9.55 Å². The van der Waals surface area contributed by atoms with E-state index in [1.807, 2.05) is 77.5 Å². The summed E-state index contributed by atoms with van der Waals surface area (Å²) < 4.78 is 18.8. The first-order chi connectivity index (χ1) is 17.3. The predicted octanol–water partition coefficient (Wildman–Crippen LogP) is 5.43. The molecule has 4 aromatic rings. The van der Waals surface area contributed by atoms with Crippen molar-refractivity contribution < 1.29 is 14.2 Å². The van der Waals surface area contributed by atoms with Crippen molar-refractivity contribution >= 4 is 16.6 Å². The van der Waals surface area contributed by atoms with Gasteiger partial charge < -0.3 is 24.1 Å². The molecule has 7 nitrogen and oxygen atoms in total. The minimum absolute atomic E-state index is 0.0983. The number of pyridine rings is 1. The number of anilines is 1. The second kappa shape index (κ2) is 11.0. The van der Waals surface area contributed by atoms with Gasteiger partial charge in [0.15, 0.2) is 6.29 Å². The Bertz CT molecular complexity index is 1290. The van der Waals surface area contributed by atoms with Crippen molar-refractivity contribution in [3.63, 3.8) is 0 Å². The number of fused-ring (bicyclic) bond motifs is 1. The van der Waals surface area contributed by atoms with Crippen LogP contribution in [0.5, 0.6) is 5.88 Å². The molecule has 0 unspecified atom stereocenters. The van der Waals surface area contributed by atoms with Crippen LogP contribution in [0.2, 0.25) is 0 Å². The third kappa shape index (κ3) is 5.62. The van der Waals surface area contributed by atoms with Crippen LogP contribution in [0.15, 0.2) is 72.9 Å². The van der Waals surface area contributed by atoms with E-state index in [0.717, 1.165) is 60.3 Å². The Labute approximate surface area is 204 Å². The molecule has 0 bridgehead atoms. The van der Waals surface area contributed by atoms with Gasteiger partial charge in [-0.3, -0.25) is 0 Å². The zero-order valence-corrected chi connectivity index (χ0v) is 19.5. The fourth-order valence-corrected chi connectivity index (χ4v) is 4.18. The number of hydrogen-bond acceptors (Lipinski definition) is 6. The van der Waals surface area contributed by atoms with Gasteiger partial charge in [-0.05, 0) is 54.8 Å². The second-order valence-electron chi connectivity index (χ2n) is 8.46. The molecule has 0 amide bonds. The summed E-state index contributed by atoms with van der Waals surface area (Å²) in [5, 5.41) is 14.1. The van der Waals surface area contributed by atoms with E-state index in [1.165, 1.54) is 0 Å². The quantitative estimate of drug-likeness (QED) is 0.330. The Morgan fingerprint density at radius 3 is 2.66 bits per heavy atom. The zero-order chi connectivity index (χ0) is 23.9. The molecule has 1 aliphatic heterocycles. The summed E-state index contributed by atoms with van der Waals surface area (Å²) >= 11 is 0. The molecule has 0 spiro atoms. The van der Waals surface area contributed by atoms with Gasteiger partial charge in [-0.25, -0.2) is 4.98 Å². The first kappa shape index (κ1) is 22.9. The number of para-hydroxylation sites is 1. The number of nitriles is 1. The van der Waals surface area contributed by atoms with Crippen molar-refractivity contribution in [1.29, 1.82) is 5.26 Å². The van der Waals surface area contributed by atoms with E-state index in [1.54, 1.807) is 0 Å². The first-order valence-electron chi connectivity index (χ1n) is 12.0. The number of nitrogens with one attached hydrogen (secondary N) is 1. The molecule has 2 aromatic carbocycles. The molecule has 0 radical (unpaired) electrons. The van der Waals surface area contributed by atoms with E-state index >= 15 is 0 Å². The Kier molecular flexibility index (Phi) is 7.23. The van der Waals surface area contributed by atoms with E-state index in [9.17, 15) is 5.26 Å². The molecule has 1 fully saturated rings. The molecular weight excluding hydrogens is 440 g/mol. The average Bonchev–Trinajstić information content (AvgIpc) is 3.30. The largest absolute Gasteiger partial charge is 0.478 e. The van der Waals surface area contributed by atoms with Crippen molar-refractivity contribution in [2.45, 2.75) is 32.1 Å². The van der Waals surface area contributed by atoms with Crippen LogP contribution in [0, 0.1) is 11.3 Å². The Morgan fingerprint density at radius 1 is 1.06 bits per heavy atom. The molecule has 1 aliphatic rings. The number of aromatic nitrogens is 2. The van der Waals surface area contributed by atoms with E-state index in [-0.39, 0.29) is 6.29 Å². The fourth-order valence-electron chi connectivity index (χ4n) is 4.18. The normalized spacial score (nSPS) is 14.0. The highest BCUT2D eigenvalue weighted by molar-refractivity contribution is 5.84. The van der Waals surface area contributed by atoms with Crippen LogP contribution in [0.25, 0.3) is 16.6 Å². The summed E-state index contributed by atoms with van der Waals surface area (Å²) in [5.74, 6) is 0.621. The molecule has 3 heterocycles. The maximum atomic E-state index is 9.57. The molecule has 0 atom stereocenters. The van der Waals surface area contributed by atoms with Crippen LogP contribution in [-0.4, -0.2) is 35.7 Å². The highest BCUT2D eigenvalue weighted by Crippen LogP contribution is 2.25. The van der Waals surface area contributed by atoms with E-state index < -0.39 is 0 Å². The lowest BCUT2D eigenvalue weighted by Gasteiger charge is -2.22. The van der Waals surface area contributed by atoms with Crippen molar-refractivity contribution in [2.75, 3.05) is 25.1 Å². The van der Waals surface area contributed by atoms with Crippen LogP contribution in [0.4, 0.5) is 5.69 Å². The first-order valence-corrected chi connectivity index (χ1v) is 12.0. The Balaban J connectivity index is 1.13. The lowest BCUT2D eigenvalue weighted by molar-refractivity contribution is -0.182. The maximum Gasteiger partial charge on any atom is 0.213 e. The average molecular weight is 469 g/mol. The van der Waals surface area contributed by atoms with Crippen molar-refractivity contribution in [2.24, 2.45) is 0 Å². The third-order valence-electron chi connectivity index (χ3n) is 5.98. The zero-order valence-electron chi connectivity index (χ0n) is 19.5. The van der Waals surface area contributed by atoms with Gasteiger partial charge in [0.25, 0.3) is 0 Å². The highest BCUT2D eigenvalue weighted by atomic mass is 16.7. The number of benzene rings is 2. The Morgan fingerprint density at radius 2 is 1.89 bits per heavy atom. The lowest BCUT2D eigenvalue weighted by atomic mass is 10.2. The van der Waals surface area contributed by atoms with Gasteiger partial charge in [0.1, 0.15) is 11.8 Å². The SMILES string of the molecule is N#Cc1cc2ccccc2n1-c1ccc(NCc2ccc(OCCCC3OCCCO3)nc2)cc1. The molecule has 0 saturated carbocycles. The molecule has 7 heteroatoms. The molecular formula is C28H28N4O3. The molecule has 1 saturated heterocycles. The van der Waals surface area contributed by atoms with Gasteiger partial charge in [-0.2, -0.15) is 5.26 Å². The van der Waals surface area contributed by atoms with Crippen LogP contribution < -0.4 is 10.1 Å². The van der Waals surface area contributed by atoms with Crippen LogP contribution in [-0.2, 0) is 16.0 Å². The van der Waals surface area contributed by atoms with Crippen molar-refractivity contribution in [3.05, 3.63) is 84.2 Å². The van der Waals surface area contributed by atoms with Crippen LogP contribution in [0.3, 0.4) is 0 Å². The number of nitrogens with zero attached hydrogens (tertiary/aromatic N) is 3. The van der Waals surface area contributed by atoms with Gasteiger partial charge in [-0.15, -0.1) is 0 Å². The Hall–Kier alpha value is -3.86. The number of ether oxygens (including phenoxy) is 3. The summed E-state index contributed by atoms with van der Waals surface area (Å²) in [7, 11) is 0. The van der Waals surface area contributed by atoms with E-state index in [2.05, 4.69) is 16.4 Å². The summed E-state index contributed by atoms with van der Waals surface area (Å²) in [4.78, 5) is 4.41. The standard InChI is InChI=1S/C28H28N4O3/c29-18-25-17-22-5-1-2-6-26(22)32(25)24-11-9-23(10-12-24)30-19-21-8-13-27(31-20-21)33-14-3-7-28-34-15-4-16-35-28/h1-2,5-6,8-13,17,20,28,30H,3-4,7,14-16,19H2. The second-order valence-corrected chi connectivity index (χ2v) is 8.46. The third-order valence-corrected chi connectivity index (χ3v) is 5.98. The molecule has 0 aliphatic carbocycles. The molecule has 178 valence electrons. The van der Waals surface area contributed by atoms with Crippen LogP contribution in [0.1, 0.15) is 30.5 Å². The smallest absolute Gasteiger partial charge is 0.213 e. The fraction of sp³-hybridized carbons (Fsp3) is 0.286. The molecule has 1 N–H and O–H groups in total. The van der Waals surface area contributed by atoms with E-state index in [0.29, 0.717) is 24.7 Å². The summed E-state index contributed by atoms with van der Waals surface area (Å²) in [5.41, 5.74) is 4.66. The predicted molar refractivity (Wildman–Crippen MR) is 135 cm³/mol. The summed E-state index contributed by atoms with van der Waals surface area (Å²) in [6, 6.07) is 24.2. The lowest BCUT2D eigenvalue weighted by Crippen LogP contribution is -2.25. The number of rotatable bonds is 9. The monoisotopic (exact) mass is 468 g/mol. The van der Waals surface area contributed by atoms with Crippen molar-refractivity contribution in [3.8, 4) is 17.6 Å². The van der Waals surface area contributed by atoms with Gasteiger partial charge in [0.2, 0.25) is 5.88 Å². The molecule has 5 rings (SSSR count). The van der Waals surface area contributed by atoms with E-state index in [4.69, 9.17) is 14.2 Å². The highest BCUT2D eigenvalue weighted by Gasteiger charge is 2.13. The minimum Gasteiger partial charge on any atom is -0.478 e. The summed E-state index contributed by atoms with van der Waals surface area (Å²) in [6.07, 6.45) is 4.39. The number of hydrogen-bond donors (Lipinski definition) is 1.